The molecule has 0 bridgehead atoms. The number of hydrogen-bond donors (Lipinski definition) is 1. The Hall–Kier alpha value is -2.20. The van der Waals surface area contributed by atoms with Crippen LogP contribution in [0.4, 0.5) is 5.69 Å². The van der Waals surface area contributed by atoms with Gasteiger partial charge in [0.15, 0.2) is 5.75 Å². The number of esters is 1. The molecule has 0 aromatic heterocycles. The van der Waals surface area contributed by atoms with Crippen LogP contribution < -0.4 is 10.5 Å². The quantitative estimate of drug-likeness (QED) is 0.686. The first-order chi connectivity index (χ1) is 9.61. The van der Waals surface area contributed by atoms with Gasteiger partial charge in [-0.1, -0.05) is 23.7 Å². The second-order valence-corrected chi connectivity index (χ2v) is 4.44. The predicted octanol–water partition coefficient (Wildman–Crippen LogP) is 3.89. The molecule has 0 spiro atoms. The van der Waals surface area contributed by atoms with E-state index in [1.165, 1.54) is 0 Å². The maximum absolute atomic E-state index is 11.9. The molecule has 2 aromatic carbocycles. The highest BCUT2D eigenvalue weighted by molar-refractivity contribution is 6.30. The standard InChI is InChI=1S/C15H14ClNO3/c1-2-19-15(18)12-7-4-8-13(17)14(12)20-11-6-3-5-10(16)9-11/h3-9H,2,17H2,1H3. The van der Waals surface area contributed by atoms with E-state index in [9.17, 15) is 4.79 Å². The zero-order valence-corrected chi connectivity index (χ0v) is 11.7. The van der Waals surface area contributed by atoms with Crippen LogP contribution in [-0.4, -0.2) is 12.6 Å². The van der Waals surface area contributed by atoms with Crippen LogP contribution in [0.2, 0.25) is 5.02 Å². The van der Waals surface area contributed by atoms with Crippen LogP contribution >= 0.6 is 11.6 Å². The van der Waals surface area contributed by atoms with E-state index in [2.05, 4.69) is 0 Å². The van der Waals surface area contributed by atoms with E-state index in [4.69, 9.17) is 26.8 Å². The van der Waals surface area contributed by atoms with Gasteiger partial charge in [-0.2, -0.15) is 0 Å². The molecule has 0 fully saturated rings. The Morgan fingerprint density at radius 1 is 1.25 bits per heavy atom. The average Bonchev–Trinajstić information content (AvgIpc) is 2.41. The van der Waals surface area contributed by atoms with Crippen molar-refractivity contribution in [2.45, 2.75) is 6.92 Å². The van der Waals surface area contributed by atoms with Gasteiger partial charge in [0, 0.05) is 5.02 Å². The molecule has 0 amide bonds. The van der Waals surface area contributed by atoms with Gasteiger partial charge in [0.2, 0.25) is 0 Å². The molecule has 0 heterocycles. The molecule has 0 aliphatic carbocycles. The molecule has 0 aliphatic rings. The lowest BCUT2D eigenvalue weighted by Gasteiger charge is -2.12. The van der Waals surface area contributed by atoms with Crippen LogP contribution in [0, 0.1) is 0 Å². The summed E-state index contributed by atoms with van der Waals surface area (Å²) in [5, 5.41) is 0.537. The molecular weight excluding hydrogens is 278 g/mol. The maximum Gasteiger partial charge on any atom is 0.342 e. The van der Waals surface area contributed by atoms with Gasteiger partial charge in [0.1, 0.15) is 11.3 Å². The molecule has 5 heteroatoms. The molecule has 0 saturated heterocycles. The third-order valence-corrected chi connectivity index (χ3v) is 2.79. The molecule has 0 radical (unpaired) electrons. The molecular formula is C15H14ClNO3. The first-order valence-corrected chi connectivity index (χ1v) is 6.48. The molecule has 0 unspecified atom stereocenters. The molecule has 2 rings (SSSR count). The molecule has 4 nitrogen and oxygen atoms in total. The predicted molar refractivity (Wildman–Crippen MR) is 78.3 cm³/mol. The Labute approximate surface area is 122 Å². The fraction of sp³-hybridized carbons (Fsp3) is 0.133. The van der Waals surface area contributed by atoms with Crippen LogP contribution in [0.5, 0.6) is 11.5 Å². The molecule has 0 atom stereocenters. The SMILES string of the molecule is CCOC(=O)c1cccc(N)c1Oc1cccc(Cl)c1. The molecule has 2 N–H and O–H groups in total. The van der Waals surface area contributed by atoms with Crippen molar-refractivity contribution in [2.75, 3.05) is 12.3 Å². The summed E-state index contributed by atoms with van der Waals surface area (Å²) in [5.41, 5.74) is 6.52. The van der Waals surface area contributed by atoms with Crippen LogP contribution in [0.25, 0.3) is 0 Å². The number of anilines is 1. The zero-order valence-electron chi connectivity index (χ0n) is 10.9. The number of carbonyl (C=O) groups excluding carboxylic acids is 1. The van der Waals surface area contributed by atoms with Gasteiger partial charge in [0.25, 0.3) is 0 Å². The third kappa shape index (κ3) is 3.22. The number of rotatable bonds is 4. The van der Waals surface area contributed by atoms with Crippen molar-refractivity contribution in [2.24, 2.45) is 0 Å². The number of benzene rings is 2. The Balaban J connectivity index is 2.37. The first kappa shape index (κ1) is 14.2. The van der Waals surface area contributed by atoms with Gasteiger partial charge in [-0.15, -0.1) is 0 Å². The first-order valence-electron chi connectivity index (χ1n) is 6.11. The Bertz CT molecular complexity index is 628. The number of ether oxygens (including phenoxy) is 2. The van der Waals surface area contributed by atoms with Gasteiger partial charge in [-0.3, -0.25) is 0 Å². The summed E-state index contributed by atoms with van der Waals surface area (Å²) >= 11 is 5.90. The minimum atomic E-state index is -0.475. The van der Waals surface area contributed by atoms with Crippen molar-refractivity contribution in [3.63, 3.8) is 0 Å². The Kier molecular flexibility index (Phi) is 4.48. The smallest absolute Gasteiger partial charge is 0.342 e. The normalized spacial score (nSPS) is 10.1. The summed E-state index contributed by atoms with van der Waals surface area (Å²) < 4.78 is 10.7. The van der Waals surface area contributed by atoms with Gasteiger partial charge in [-0.05, 0) is 37.3 Å². The van der Waals surface area contributed by atoms with Gasteiger partial charge >= 0.3 is 5.97 Å². The van der Waals surface area contributed by atoms with Gasteiger partial charge in [0.05, 0.1) is 12.3 Å². The fourth-order valence-electron chi connectivity index (χ4n) is 1.69. The second-order valence-electron chi connectivity index (χ2n) is 4.00. The van der Waals surface area contributed by atoms with E-state index in [0.717, 1.165) is 0 Å². The van der Waals surface area contributed by atoms with Gasteiger partial charge in [-0.25, -0.2) is 4.79 Å². The van der Waals surface area contributed by atoms with E-state index in [0.29, 0.717) is 16.5 Å². The number of nitrogen functional groups attached to an aromatic ring is 1. The minimum absolute atomic E-state index is 0.271. The van der Waals surface area contributed by atoms with Crippen LogP contribution in [-0.2, 0) is 4.74 Å². The maximum atomic E-state index is 11.9. The molecule has 0 saturated carbocycles. The van der Waals surface area contributed by atoms with Crippen LogP contribution in [0.3, 0.4) is 0 Å². The highest BCUT2D eigenvalue weighted by Gasteiger charge is 2.17. The van der Waals surface area contributed by atoms with Crippen molar-refractivity contribution >= 4 is 23.3 Å². The van der Waals surface area contributed by atoms with E-state index in [-0.39, 0.29) is 17.9 Å². The van der Waals surface area contributed by atoms with Crippen molar-refractivity contribution in [1.82, 2.24) is 0 Å². The summed E-state index contributed by atoms with van der Waals surface area (Å²) in [5.74, 6) is 0.297. The van der Waals surface area contributed by atoms with Crippen LogP contribution in [0.1, 0.15) is 17.3 Å². The van der Waals surface area contributed by atoms with Crippen molar-refractivity contribution < 1.29 is 14.3 Å². The summed E-state index contributed by atoms with van der Waals surface area (Å²) in [4.78, 5) is 11.9. The number of carbonyl (C=O) groups is 1. The lowest BCUT2D eigenvalue weighted by molar-refractivity contribution is 0.0523. The van der Waals surface area contributed by atoms with Crippen molar-refractivity contribution in [3.8, 4) is 11.5 Å². The average molecular weight is 292 g/mol. The minimum Gasteiger partial charge on any atom is -0.462 e. The summed E-state index contributed by atoms with van der Waals surface area (Å²) in [7, 11) is 0. The Morgan fingerprint density at radius 2 is 2.00 bits per heavy atom. The van der Waals surface area contributed by atoms with Gasteiger partial charge < -0.3 is 15.2 Å². The fourth-order valence-corrected chi connectivity index (χ4v) is 1.87. The van der Waals surface area contributed by atoms with E-state index >= 15 is 0 Å². The van der Waals surface area contributed by atoms with Crippen LogP contribution in [0.15, 0.2) is 42.5 Å². The largest absolute Gasteiger partial charge is 0.462 e. The third-order valence-electron chi connectivity index (χ3n) is 2.56. The highest BCUT2D eigenvalue weighted by Crippen LogP contribution is 2.32. The lowest BCUT2D eigenvalue weighted by Crippen LogP contribution is -2.07. The highest BCUT2D eigenvalue weighted by atomic mass is 35.5. The molecule has 20 heavy (non-hydrogen) atoms. The number of para-hydroxylation sites is 1. The molecule has 104 valence electrons. The van der Waals surface area contributed by atoms with Crippen molar-refractivity contribution in [1.29, 1.82) is 0 Å². The summed E-state index contributed by atoms with van der Waals surface area (Å²) in [6.07, 6.45) is 0. The zero-order chi connectivity index (χ0) is 14.5. The summed E-state index contributed by atoms with van der Waals surface area (Å²) in [6.45, 7) is 2.02. The van der Waals surface area contributed by atoms with Crippen molar-refractivity contribution in [3.05, 3.63) is 53.1 Å². The van der Waals surface area contributed by atoms with E-state index in [1.54, 1.807) is 49.4 Å². The molecule has 2 aromatic rings. The number of halogens is 1. The van der Waals surface area contributed by atoms with E-state index < -0.39 is 5.97 Å². The second kappa shape index (κ2) is 6.30. The monoisotopic (exact) mass is 291 g/mol. The topological polar surface area (TPSA) is 61.5 Å². The van der Waals surface area contributed by atoms with E-state index in [1.807, 2.05) is 0 Å². The number of nitrogens with two attached hydrogens (primary N) is 1. The lowest BCUT2D eigenvalue weighted by atomic mass is 10.1. The summed E-state index contributed by atoms with van der Waals surface area (Å²) in [6, 6.07) is 11.8. The molecule has 0 aliphatic heterocycles. The Morgan fingerprint density at radius 3 is 2.70 bits per heavy atom. The number of hydrogen-bond acceptors (Lipinski definition) is 4.